The zero-order valence-corrected chi connectivity index (χ0v) is 12.5. The van der Waals surface area contributed by atoms with Gasteiger partial charge in [-0.1, -0.05) is 48.5 Å². The molecule has 0 bridgehead atoms. The zero-order valence-electron chi connectivity index (χ0n) is 12.5. The molecule has 2 rings (SSSR count). The van der Waals surface area contributed by atoms with Gasteiger partial charge in [-0.15, -0.1) is 0 Å². The number of rotatable bonds is 7. The van der Waals surface area contributed by atoms with Gasteiger partial charge in [-0.2, -0.15) is 0 Å². The van der Waals surface area contributed by atoms with Crippen molar-refractivity contribution in [1.82, 2.24) is 0 Å². The van der Waals surface area contributed by atoms with Gasteiger partial charge in [-0.05, 0) is 24.6 Å². The van der Waals surface area contributed by atoms with Gasteiger partial charge < -0.3 is 14.6 Å². The highest BCUT2D eigenvalue weighted by Gasteiger charge is 2.20. The number of para-hydroxylation sites is 1. The molecule has 0 fully saturated rings. The molecule has 2 aromatic carbocycles. The van der Waals surface area contributed by atoms with E-state index >= 15 is 0 Å². The molecule has 0 aliphatic carbocycles. The van der Waals surface area contributed by atoms with Gasteiger partial charge in [-0.25, -0.2) is 0 Å². The standard InChI is InChI=1S/C18H20O4/c1-14(21-13-15-8-4-2-5-9-15)17(19)12-18(20)22-16-10-6-3-7-11-16/h2-11,14,17,19H,12-13H2,1H3/t14-,17+/m1/s1. The quantitative estimate of drug-likeness (QED) is 0.631. The molecule has 0 heterocycles. The Morgan fingerprint density at radius 3 is 2.27 bits per heavy atom. The molecule has 0 aromatic heterocycles. The van der Waals surface area contributed by atoms with Crippen LogP contribution in [0.4, 0.5) is 0 Å². The largest absolute Gasteiger partial charge is 0.426 e. The normalized spacial score (nSPS) is 13.4. The van der Waals surface area contributed by atoms with Gasteiger partial charge in [0.05, 0.1) is 25.2 Å². The van der Waals surface area contributed by atoms with Crippen molar-refractivity contribution in [3.63, 3.8) is 0 Å². The lowest BCUT2D eigenvalue weighted by molar-refractivity contribution is -0.139. The predicted octanol–water partition coefficient (Wildman–Crippen LogP) is 2.95. The lowest BCUT2D eigenvalue weighted by Crippen LogP contribution is -2.30. The van der Waals surface area contributed by atoms with Crippen LogP contribution in [-0.2, 0) is 16.1 Å². The van der Waals surface area contributed by atoms with Crippen LogP contribution in [0.25, 0.3) is 0 Å². The second-order valence-electron chi connectivity index (χ2n) is 5.06. The summed E-state index contributed by atoms with van der Waals surface area (Å²) >= 11 is 0. The molecule has 0 amide bonds. The molecule has 4 heteroatoms. The molecule has 22 heavy (non-hydrogen) atoms. The molecule has 1 N–H and O–H groups in total. The van der Waals surface area contributed by atoms with Crippen molar-refractivity contribution in [3.8, 4) is 5.75 Å². The van der Waals surface area contributed by atoms with Crippen LogP contribution in [0.2, 0.25) is 0 Å². The Kier molecular flexibility index (Phi) is 6.13. The fourth-order valence-electron chi connectivity index (χ4n) is 1.91. The average Bonchev–Trinajstić information content (AvgIpc) is 2.54. The zero-order chi connectivity index (χ0) is 15.8. The number of aliphatic hydroxyl groups is 1. The van der Waals surface area contributed by atoms with E-state index in [4.69, 9.17) is 9.47 Å². The minimum atomic E-state index is -0.903. The first-order valence-electron chi connectivity index (χ1n) is 7.24. The number of hydrogen-bond acceptors (Lipinski definition) is 4. The van der Waals surface area contributed by atoms with E-state index in [0.29, 0.717) is 12.4 Å². The lowest BCUT2D eigenvalue weighted by Gasteiger charge is -2.19. The molecule has 0 radical (unpaired) electrons. The first-order valence-corrected chi connectivity index (χ1v) is 7.24. The van der Waals surface area contributed by atoms with Gasteiger partial charge in [0.25, 0.3) is 0 Å². The summed E-state index contributed by atoms with van der Waals surface area (Å²) in [4.78, 5) is 11.8. The Bertz CT molecular complexity index is 568. The van der Waals surface area contributed by atoms with Gasteiger partial charge in [0.15, 0.2) is 0 Å². The second-order valence-corrected chi connectivity index (χ2v) is 5.06. The van der Waals surface area contributed by atoms with Crippen molar-refractivity contribution in [3.05, 3.63) is 66.2 Å². The van der Waals surface area contributed by atoms with Gasteiger partial charge in [0.2, 0.25) is 0 Å². The molecule has 0 spiro atoms. The lowest BCUT2D eigenvalue weighted by atomic mass is 10.1. The Morgan fingerprint density at radius 1 is 1.05 bits per heavy atom. The maximum absolute atomic E-state index is 11.8. The highest BCUT2D eigenvalue weighted by Crippen LogP contribution is 2.12. The van der Waals surface area contributed by atoms with Gasteiger partial charge in [-0.3, -0.25) is 4.79 Å². The van der Waals surface area contributed by atoms with E-state index in [9.17, 15) is 9.90 Å². The molecule has 0 unspecified atom stereocenters. The first kappa shape index (κ1) is 16.2. The fourth-order valence-corrected chi connectivity index (χ4v) is 1.91. The van der Waals surface area contributed by atoms with E-state index in [2.05, 4.69) is 0 Å². The first-order chi connectivity index (χ1) is 10.6. The second kappa shape index (κ2) is 8.32. The summed E-state index contributed by atoms with van der Waals surface area (Å²) < 4.78 is 10.7. The third kappa shape index (κ3) is 5.31. The average molecular weight is 300 g/mol. The smallest absolute Gasteiger partial charge is 0.313 e. The maximum Gasteiger partial charge on any atom is 0.313 e. The Labute approximate surface area is 130 Å². The highest BCUT2D eigenvalue weighted by atomic mass is 16.5. The SMILES string of the molecule is C[C@@H](OCc1ccccc1)[C@@H](O)CC(=O)Oc1ccccc1. The molecule has 0 saturated heterocycles. The molecule has 0 aliphatic heterocycles. The molecular weight excluding hydrogens is 280 g/mol. The van der Waals surface area contributed by atoms with Crippen LogP contribution >= 0.6 is 0 Å². The van der Waals surface area contributed by atoms with Crippen molar-refractivity contribution in [2.45, 2.75) is 32.2 Å². The molecule has 0 saturated carbocycles. The Hall–Kier alpha value is -2.17. The summed E-state index contributed by atoms with van der Waals surface area (Å²) in [6.45, 7) is 2.14. The monoisotopic (exact) mass is 300 g/mol. The summed E-state index contributed by atoms with van der Waals surface area (Å²) in [6.07, 6.45) is -1.46. The van der Waals surface area contributed by atoms with Crippen molar-refractivity contribution in [2.24, 2.45) is 0 Å². The number of ether oxygens (including phenoxy) is 2. The molecule has 2 atom stereocenters. The van der Waals surface area contributed by atoms with Gasteiger partial charge in [0.1, 0.15) is 5.75 Å². The fraction of sp³-hybridized carbons (Fsp3) is 0.278. The van der Waals surface area contributed by atoms with Crippen LogP contribution in [0.5, 0.6) is 5.75 Å². The van der Waals surface area contributed by atoms with Crippen molar-refractivity contribution >= 4 is 5.97 Å². The van der Waals surface area contributed by atoms with E-state index in [1.807, 2.05) is 36.4 Å². The van der Waals surface area contributed by atoms with Crippen LogP contribution in [0, 0.1) is 0 Å². The van der Waals surface area contributed by atoms with Crippen LogP contribution in [0.3, 0.4) is 0 Å². The van der Waals surface area contributed by atoms with Gasteiger partial charge in [0, 0.05) is 0 Å². The number of aliphatic hydroxyl groups excluding tert-OH is 1. The summed E-state index contributed by atoms with van der Waals surface area (Å²) in [7, 11) is 0. The van der Waals surface area contributed by atoms with E-state index in [1.165, 1.54) is 0 Å². The van der Waals surface area contributed by atoms with E-state index in [1.54, 1.807) is 31.2 Å². The summed E-state index contributed by atoms with van der Waals surface area (Å²) in [5.74, 6) is -0.00795. The summed E-state index contributed by atoms with van der Waals surface area (Å²) in [5.41, 5.74) is 1.02. The van der Waals surface area contributed by atoms with Gasteiger partial charge >= 0.3 is 5.97 Å². The van der Waals surface area contributed by atoms with E-state index in [-0.39, 0.29) is 6.42 Å². The van der Waals surface area contributed by atoms with Crippen LogP contribution < -0.4 is 4.74 Å². The summed E-state index contributed by atoms with van der Waals surface area (Å²) in [6, 6.07) is 18.5. The minimum Gasteiger partial charge on any atom is -0.426 e. The topological polar surface area (TPSA) is 55.8 Å². The van der Waals surface area contributed by atoms with E-state index < -0.39 is 18.2 Å². The molecular formula is C18H20O4. The third-order valence-corrected chi connectivity index (χ3v) is 3.25. The number of esters is 1. The van der Waals surface area contributed by atoms with Crippen LogP contribution in [-0.4, -0.2) is 23.3 Å². The number of hydrogen-bond donors (Lipinski definition) is 1. The molecule has 4 nitrogen and oxygen atoms in total. The van der Waals surface area contributed by atoms with Crippen molar-refractivity contribution in [1.29, 1.82) is 0 Å². The highest BCUT2D eigenvalue weighted by molar-refractivity contribution is 5.72. The molecule has 116 valence electrons. The number of carbonyl (C=O) groups is 1. The van der Waals surface area contributed by atoms with E-state index in [0.717, 1.165) is 5.56 Å². The van der Waals surface area contributed by atoms with Crippen molar-refractivity contribution < 1.29 is 19.4 Å². The van der Waals surface area contributed by atoms with Crippen molar-refractivity contribution in [2.75, 3.05) is 0 Å². The number of carbonyl (C=O) groups excluding carboxylic acids is 1. The molecule has 2 aromatic rings. The predicted molar refractivity (Wildman–Crippen MR) is 83.4 cm³/mol. The Morgan fingerprint density at radius 2 is 1.64 bits per heavy atom. The third-order valence-electron chi connectivity index (χ3n) is 3.25. The van der Waals surface area contributed by atoms with Crippen LogP contribution in [0.1, 0.15) is 18.9 Å². The minimum absolute atomic E-state index is 0.106. The van der Waals surface area contributed by atoms with Crippen LogP contribution in [0.15, 0.2) is 60.7 Å². The maximum atomic E-state index is 11.8. The number of benzene rings is 2. The Balaban J connectivity index is 1.76. The molecule has 0 aliphatic rings. The summed E-state index contributed by atoms with van der Waals surface area (Å²) in [5, 5.41) is 10.0.